The zero-order chi connectivity index (χ0) is 15.6. The monoisotopic (exact) mass is 286 g/mol. The predicted molar refractivity (Wildman–Crippen MR) is 93.8 cm³/mol. The highest BCUT2D eigenvalue weighted by atomic mass is 15.0. The van der Waals surface area contributed by atoms with Gasteiger partial charge in [-0.25, -0.2) is 0 Å². The molecule has 1 heterocycles. The van der Waals surface area contributed by atoms with Crippen LogP contribution < -0.4 is 5.32 Å². The molecule has 0 spiro atoms. The molecule has 0 saturated carbocycles. The predicted octanol–water partition coefficient (Wildman–Crippen LogP) is 5.73. The molecule has 2 rings (SSSR count). The first-order valence-corrected chi connectivity index (χ1v) is 8.23. The van der Waals surface area contributed by atoms with Gasteiger partial charge in [0.15, 0.2) is 0 Å². The molecule has 0 amide bonds. The third-order valence-corrected chi connectivity index (χ3v) is 3.96. The number of aliphatic imine (C=N–C) groups is 1. The lowest BCUT2D eigenvalue weighted by molar-refractivity contribution is 0.408. The number of nitrogens with zero attached hydrogens (tertiary/aromatic N) is 1. The summed E-state index contributed by atoms with van der Waals surface area (Å²) >= 11 is 0. The molecule has 0 saturated heterocycles. The van der Waals surface area contributed by atoms with Gasteiger partial charge in [-0.2, -0.15) is 0 Å². The fourth-order valence-corrected chi connectivity index (χ4v) is 3.49. The van der Waals surface area contributed by atoms with Crippen molar-refractivity contribution in [2.75, 3.05) is 5.32 Å². The summed E-state index contributed by atoms with van der Waals surface area (Å²) in [5.41, 5.74) is 5.01. The molecule has 116 valence electrons. The summed E-state index contributed by atoms with van der Waals surface area (Å²) in [4.78, 5) is 4.98. The number of hydrogen-bond donors (Lipinski definition) is 1. The van der Waals surface area contributed by atoms with Crippen molar-refractivity contribution in [1.82, 2.24) is 0 Å². The highest BCUT2D eigenvalue weighted by Crippen LogP contribution is 2.37. The van der Waals surface area contributed by atoms with Gasteiger partial charge in [-0.05, 0) is 56.2 Å². The Morgan fingerprint density at radius 3 is 2.52 bits per heavy atom. The molecule has 2 nitrogen and oxygen atoms in total. The SMILES string of the molecule is Cc1ccc2c(c1)NC(C)(CC(C)C)CC(CC(C)C)=N2. The molecule has 2 heteroatoms. The van der Waals surface area contributed by atoms with E-state index in [4.69, 9.17) is 4.99 Å². The smallest absolute Gasteiger partial charge is 0.0860 e. The molecule has 1 aliphatic rings. The lowest BCUT2D eigenvalue weighted by atomic mass is 9.84. The van der Waals surface area contributed by atoms with E-state index in [9.17, 15) is 0 Å². The van der Waals surface area contributed by atoms with Gasteiger partial charge in [0.05, 0.1) is 11.4 Å². The van der Waals surface area contributed by atoms with Gasteiger partial charge in [0.25, 0.3) is 0 Å². The average molecular weight is 286 g/mol. The van der Waals surface area contributed by atoms with Gasteiger partial charge in [-0.3, -0.25) is 4.99 Å². The van der Waals surface area contributed by atoms with Crippen molar-refractivity contribution in [2.24, 2.45) is 16.8 Å². The summed E-state index contributed by atoms with van der Waals surface area (Å²) < 4.78 is 0. The van der Waals surface area contributed by atoms with E-state index in [-0.39, 0.29) is 5.54 Å². The van der Waals surface area contributed by atoms with Crippen molar-refractivity contribution >= 4 is 17.1 Å². The number of nitrogens with one attached hydrogen (secondary N) is 1. The summed E-state index contributed by atoms with van der Waals surface area (Å²) in [6, 6.07) is 6.54. The number of aryl methyl sites for hydroxylation is 1. The summed E-state index contributed by atoms with van der Waals surface area (Å²) in [6.45, 7) is 13.6. The van der Waals surface area contributed by atoms with Crippen LogP contribution in [0.15, 0.2) is 23.2 Å². The van der Waals surface area contributed by atoms with Crippen LogP contribution in [0.2, 0.25) is 0 Å². The van der Waals surface area contributed by atoms with Gasteiger partial charge < -0.3 is 5.32 Å². The Morgan fingerprint density at radius 1 is 1.19 bits per heavy atom. The van der Waals surface area contributed by atoms with Crippen LogP contribution in [0.25, 0.3) is 0 Å². The topological polar surface area (TPSA) is 24.4 Å². The van der Waals surface area contributed by atoms with Gasteiger partial charge in [0.1, 0.15) is 0 Å². The van der Waals surface area contributed by atoms with Crippen molar-refractivity contribution in [1.29, 1.82) is 0 Å². The molecule has 0 bridgehead atoms. The second kappa shape index (κ2) is 6.21. The van der Waals surface area contributed by atoms with E-state index >= 15 is 0 Å². The van der Waals surface area contributed by atoms with Gasteiger partial charge in [0.2, 0.25) is 0 Å². The van der Waals surface area contributed by atoms with E-state index in [1.165, 1.54) is 17.0 Å². The van der Waals surface area contributed by atoms with E-state index in [2.05, 4.69) is 65.1 Å². The van der Waals surface area contributed by atoms with Gasteiger partial charge in [0, 0.05) is 17.7 Å². The van der Waals surface area contributed by atoms with Crippen LogP contribution in [0.4, 0.5) is 11.4 Å². The van der Waals surface area contributed by atoms with Crippen LogP contribution in [0, 0.1) is 18.8 Å². The van der Waals surface area contributed by atoms with Crippen molar-refractivity contribution < 1.29 is 0 Å². The average Bonchev–Trinajstić information content (AvgIpc) is 2.41. The van der Waals surface area contributed by atoms with Crippen LogP contribution in [-0.4, -0.2) is 11.3 Å². The minimum atomic E-state index is 0.0981. The maximum atomic E-state index is 4.98. The molecule has 0 aliphatic carbocycles. The summed E-state index contributed by atoms with van der Waals surface area (Å²) in [6.07, 6.45) is 3.29. The third kappa shape index (κ3) is 4.33. The maximum absolute atomic E-state index is 4.98. The Hall–Kier alpha value is -1.31. The first kappa shape index (κ1) is 16.1. The fourth-order valence-electron chi connectivity index (χ4n) is 3.49. The number of anilines is 1. The Morgan fingerprint density at radius 2 is 1.90 bits per heavy atom. The molecule has 1 atom stereocenters. The quantitative estimate of drug-likeness (QED) is 0.750. The molecule has 0 radical (unpaired) electrons. The minimum absolute atomic E-state index is 0.0981. The normalized spacial score (nSPS) is 21.8. The zero-order valence-electron chi connectivity index (χ0n) is 14.5. The molecule has 1 N–H and O–H groups in total. The summed E-state index contributed by atoms with van der Waals surface area (Å²) in [5.74, 6) is 1.33. The Bertz CT molecular complexity index is 528. The Labute approximate surface area is 130 Å². The summed E-state index contributed by atoms with van der Waals surface area (Å²) in [7, 11) is 0. The number of benzene rings is 1. The van der Waals surface area contributed by atoms with Gasteiger partial charge in [-0.1, -0.05) is 33.8 Å². The van der Waals surface area contributed by atoms with Crippen LogP contribution in [0.1, 0.15) is 59.4 Å². The van der Waals surface area contributed by atoms with E-state index in [0.717, 1.165) is 24.9 Å². The largest absolute Gasteiger partial charge is 0.378 e. The molecule has 1 aliphatic heterocycles. The fraction of sp³-hybridized carbons (Fsp3) is 0.632. The molecular weight excluding hydrogens is 256 g/mol. The third-order valence-electron chi connectivity index (χ3n) is 3.96. The van der Waals surface area contributed by atoms with Crippen molar-refractivity contribution in [3.8, 4) is 0 Å². The van der Waals surface area contributed by atoms with E-state index in [1.54, 1.807) is 0 Å². The molecular formula is C19H30N2. The molecule has 1 aromatic rings. The van der Waals surface area contributed by atoms with E-state index in [1.807, 2.05) is 0 Å². The van der Waals surface area contributed by atoms with E-state index in [0.29, 0.717) is 11.8 Å². The number of rotatable bonds is 4. The molecule has 0 aromatic heterocycles. The van der Waals surface area contributed by atoms with Crippen LogP contribution in [-0.2, 0) is 0 Å². The first-order chi connectivity index (χ1) is 9.77. The van der Waals surface area contributed by atoms with Crippen LogP contribution >= 0.6 is 0 Å². The molecule has 1 unspecified atom stereocenters. The zero-order valence-corrected chi connectivity index (χ0v) is 14.5. The Kier molecular flexibility index (Phi) is 4.75. The lowest BCUT2D eigenvalue weighted by Crippen LogP contribution is -2.38. The second-order valence-corrected chi connectivity index (χ2v) is 7.76. The first-order valence-electron chi connectivity index (χ1n) is 8.23. The van der Waals surface area contributed by atoms with Crippen molar-refractivity contribution in [3.63, 3.8) is 0 Å². The van der Waals surface area contributed by atoms with E-state index < -0.39 is 0 Å². The lowest BCUT2D eigenvalue weighted by Gasteiger charge is -2.33. The number of fused-ring (bicyclic) bond motifs is 1. The highest BCUT2D eigenvalue weighted by molar-refractivity contribution is 5.91. The van der Waals surface area contributed by atoms with Crippen molar-refractivity contribution in [3.05, 3.63) is 23.8 Å². The highest BCUT2D eigenvalue weighted by Gasteiger charge is 2.30. The van der Waals surface area contributed by atoms with Crippen LogP contribution in [0.5, 0.6) is 0 Å². The molecule has 0 fully saturated rings. The standard InChI is InChI=1S/C19H30N2/c1-13(2)9-16-12-19(6,11-14(3)4)21-18-10-15(5)7-8-17(18)20-16/h7-8,10,13-14,21H,9,11-12H2,1-6H3. The summed E-state index contributed by atoms with van der Waals surface area (Å²) in [5, 5.41) is 3.80. The van der Waals surface area contributed by atoms with Crippen molar-refractivity contribution in [2.45, 2.75) is 66.3 Å². The second-order valence-electron chi connectivity index (χ2n) is 7.76. The minimum Gasteiger partial charge on any atom is -0.378 e. The number of hydrogen-bond acceptors (Lipinski definition) is 2. The van der Waals surface area contributed by atoms with Gasteiger partial charge in [-0.15, -0.1) is 0 Å². The maximum Gasteiger partial charge on any atom is 0.0860 e. The Balaban J connectivity index is 2.41. The van der Waals surface area contributed by atoms with Gasteiger partial charge >= 0.3 is 0 Å². The molecule has 21 heavy (non-hydrogen) atoms. The molecule has 1 aromatic carbocycles. The van der Waals surface area contributed by atoms with Crippen LogP contribution in [0.3, 0.4) is 0 Å².